The van der Waals surface area contributed by atoms with Gasteiger partial charge in [-0.3, -0.25) is 5.10 Å². The number of carboxylic acids is 1. The van der Waals surface area contributed by atoms with E-state index in [9.17, 15) is 27.6 Å². The van der Waals surface area contributed by atoms with E-state index in [1.165, 1.54) is 18.2 Å². The number of hydrogen-bond donors (Lipinski definition) is 2. The summed E-state index contributed by atoms with van der Waals surface area (Å²) in [6.07, 6.45) is -0.0945. The zero-order chi connectivity index (χ0) is 27.7. The Kier molecular flexibility index (Phi) is 6.79. The number of benzene rings is 3. The minimum absolute atomic E-state index is 0.0242. The van der Waals surface area contributed by atoms with Crippen LogP contribution in [0.1, 0.15) is 52.6 Å². The summed E-state index contributed by atoms with van der Waals surface area (Å²) in [4.78, 5) is 10.9. The first kappa shape index (κ1) is 25.9. The number of nitriles is 1. The van der Waals surface area contributed by atoms with Crippen molar-refractivity contribution in [1.29, 1.82) is 5.26 Å². The van der Waals surface area contributed by atoms with Gasteiger partial charge in [0.05, 0.1) is 28.1 Å². The molecule has 2 N–H and O–H groups in total. The Morgan fingerprint density at radius 2 is 1.77 bits per heavy atom. The predicted molar refractivity (Wildman–Crippen MR) is 139 cm³/mol. The second-order valence-corrected chi connectivity index (χ2v) is 9.35. The number of nitrogens with zero attached hydrogens (tertiary/aromatic N) is 2. The molecule has 3 aromatic carbocycles. The molecule has 0 atom stereocenters. The van der Waals surface area contributed by atoms with Gasteiger partial charge in [-0.1, -0.05) is 42.8 Å². The summed E-state index contributed by atoms with van der Waals surface area (Å²) in [6.45, 7) is 0. The van der Waals surface area contributed by atoms with Crippen molar-refractivity contribution in [2.45, 2.75) is 25.4 Å². The quantitative estimate of drug-likeness (QED) is 0.154. The number of aliphatic carboxylic acids is 1. The van der Waals surface area contributed by atoms with Crippen LogP contribution in [0, 0.1) is 23.2 Å². The lowest BCUT2D eigenvalue weighted by molar-refractivity contribution is -0.137. The smallest absolute Gasteiger partial charge is 0.417 e. The van der Waals surface area contributed by atoms with E-state index in [-0.39, 0.29) is 22.4 Å². The maximum atomic E-state index is 14.5. The Morgan fingerprint density at radius 1 is 1.05 bits per heavy atom. The molecule has 1 fully saturated rings. The SMILES string of the molecule is N#Cc1ccc(/C(=C(\c2ccc(/C=C/C(=O)O)cc2)c2ccc3[nH]nc(F)c3c2)C2CCC2)c(C(F)(F)F)c1. The van der Waals surface area contributed by atoms with Crippen LogP contribution in [-0.2, 0) is 11.0 Å². The number of rotatable bonds is 6. The third-order valence-electron chi connectivity index (χ3n) is 6.95. The van der Waals surface area contributed by atoms with Crippen molar-refractivity contribution < 1.29 is 27.5 Å². The molecule has 1 aliphatic carbocycles. The standard InChI is InChI=1S/C30H21F4N3O2/c31-29-23-15-21(10-12-25(23)36-37-29)27(20-8-4-17(5-9-20)7-13-26(38)39)28(19-2-1-3-19)22-11-6-18(16-35)14-24(22)30(32,33)34/h4-15,19H,1-3H2,(H,36,37)(H,38,39)/b13-7+,28-27+. The summed E-state index contributed by atoms with van der Waals surface area (Å²) < 4.78 is 57.5. The lowest BCUT2D eigenvalue weighted by atomic mass is 9.72. The van der Waals surface area contributed by atoms with Gasteiger partial charge in [0, 0.05) is 6.08 Å². The molecular formula is C30H21F4N3O2. The number of allylic oxidation sites excluding steroid dienone is 1. The maximum Gasteiger partial charge on any atom is 0.417 e. The maximum absolute atomic E-state index is 14.5. The first-order chi connectivity index (χ1) is 18.7. The number of aromatic amines is 1. The lowest BCUT2D eigenvalue weighted by Gasteiger charge is -2.33. The Morgan fingerprint density at radius 3 is 2.38 bits per heavy atom. The van der Waals surface area contributed by atoms with E-state index >= 15 is 0 Å². The highest BCUT2D eigenvalue weighted by Gasteiger charge is 2.38. The number of hydrogen-bond acceptors (Lipinski definition) is 3. The van der Waals surface area contributed by atoms with Crippen LogP contribution < -0.4 is 0 Å². The van der Waals surface area contributed by atoms with Crippen molar-refractivity contribution in [3.05, 3.63) is 106 Å². The Bertz CT molecular complexity index is 1670. The molecule has 5 rings (SSSR count). The molecule has 196 valence electrons. The van der Waals surface area contributed by atoms with Crippen LogP contribution in [0.3, 0.4) is 0 Å². The van der Waals surface area contributed by atoms with Gasteiger partial charge in [0.2, 0.25) is 5.95 Å². The van der Waals surface area contributed by atoms with Crippen molar-refractivity contribution in [2.24, 2.45) is 5.92 Å². The van der Waals surface area contributed by atoms with Crippen LogP contribution in [0.4, 0.5) is 17.6 Å². The summed E-state index contributed by atoms with van der Waals surface area (Å²) in [5.74, 6) is -2.02. The van der Waals surface area contributed by atoms with E-state index in [1.54, 1.807) is 48.5 Å². The first-order valence-corrected chi connectivity index (χ1v) is 12.2. The molecule has 0 spiro atoms. The van der Waals surface area contributed by atoms with Gasteiger partial charge in [-0.2, -0.15) is 22.8 Å². The molecule has 39 heavy (non-hydrogen) atoms. The molecule has 1 heterocycles. The third kappa shape index (κ3) is 5.18. The van der Waals surface area contributed by atoms with Gasteiger partial charge in [0.1, 0.15) is 0 Å². The van der Waals surface area contributed by atoms with E-state index < -0.39 is 23.7 Å². The summed E-state index contributed by atoms with van der Waals surface area (Å²) >= 11 is 0. The predicted octanol–water partition coefficient (Wildman–Crippen LogP) is 7.45. The largest absolute Gasteiger partial charge is 0.478 e. The molecule has 5 nitrogen and oxygen atoms in total. The van der Waals surface area contributed by atoms with Gasteiger partial charge in [-0.05, 0) is 82.5 Å². The van der Waals surface area contributed by atoms with E-state index in [2.05, 4.69) is 10.2 Å². The summed E-state index contributed by atoms with van der Waals surface area (Å²) in [7, 11) is 0. The van der Waals surface area contributed by atoms with Gasteiger partial charge < -0.3 is 5.11 Å². The fraction of sp³-hybridized carbons (Fsp3) is 0.167. The molecule has 0 aliphatic heterocycles. The van der Waals surface area contributed by atoms with Gasteiger partial charge in [-0.15, -0.1) is 5.10 Å². The highest BCUT2D eigenvalue weighted by molar-refractivity contribution is 6.02. The van der Waals surface area contributed by atoms with Gasteiger partial charge in [0.25, 0.3) is 0 Å². The monoisotopic (exact) mass is 531 g/mol. The summed E-state index contributed by atoms with van der Waals surface area (Å²) in [5, 5.41) is 24.6. The molecule has 0 amide bonds. The number of aromatic nitrogens is 2. The Hall–Kier alpha value is -4.71. The van der Waals surface area contributed by atoms with Crippen molar-refractivity contribution in [2.75, 3.05) is 0 Å². The minimum Gasteiger partial charge on any atom is -0.478 e. The van der Waals surface area contributed by atoms with Crippen LogP contribution >= 0.6 is 0 Å². The zero-order valence-electron chi connectivity index (χ0n) is 20.4. The van der Waals surface area contributed by atoms with E-state index in [4.69, 9.17) is 5.11 Å². The average molecular weight is 532 g/mol. The molecule has 9 heteroatoms. The van der Waals surface area contributed by atoms with E-state index in [0.717, 1.165) is 18.6 Å². The van der Waals surface area contributed by atoms with Crippen LogP contribution in [0.2, 0.25) is 0 Å². The van der Waals surface area contributed by atoms with Crippen molar-refractivity contribution in [3.8, 4) is 6.07 Å². The number of halogens is 4. The zero-order valence-corrected chi connectivity index (χ0v) is 20.4. The van der Waals surface area contributed by atoms with Crippen LogP contribution in [0.5, 0.6) is 0 Å². The van der Waals surface area contributed by atoms with Gasteiger partial charge in [0.15, 0.2) is 0 Å². The number of carbonyl (C=O) groups is 1. The second kappa shape index (κ2) is 10.2. The van der Waals surface area contributed by atoms with Crippen LogP contribution in [-0.4, -0.2) is 21.3 Å². The molecule has 0 bridgehead atoms. The first-order valence-electron chi connectivity index (χ1n) is 12.2. The lowest BCUT2D eigenvalue weighted by Crippen LogP contribution is -2.18. The molecule has 1 aliphatic rings. The molecular weight excluding hydrogens is 510 g/mol. The topological polar surface area (TPSA) is 89.8 Å². The van der Waals surface area contributed by atoms with Crippen molar-refractivity contribution in [3.63, 3.8) is 0 Å². The van der Waals surface area contributed by atoms with Crippen LogP contribution in [0.25, 0.3) is 28.1 Å². The number of fused-ring (bicyclic) bond motifs is 1. The molecule has 1 aromatic heterocycles. The van der Waals surface area contributed by atoms with Gasteiger partial charge >= 0.3 is 12.1 Å². The third-order valence-corrected chi connectivity index (χ3v) is 6.95. The normalized spacial score (nSPS) is 14.7. The molecule has 0 unspecified atom stereocenters. The average Bonchev–Trinajstić information content (AvgIpc) is 3.26. The molecule has 0 radical (unpaired) electrons. The fourth-order valence-corrected chi connectivity index (χ4v) is 4.88. The number of carboxylic acid groups (broad SMARTS) is 1. The summed E-state index contributed by atoms with van der Waals surface area (Å²) in [6, 6.07) is 17.1. The highest BCUT2D eigenvalue weighted by atomic mass is 19.4. The van der Waals surface area contributed by atoms with Crippen molar-refractivity contribution in [1.82, 2.24) is 10.2 Å². The fourth-order valence-electron chi connectivity index (χ4n) is 4.88. The van der Waals surface area contributed by atoms with E-state index in [1.807, 2.05) is 0 Å². The molecule has 0 saturated heterocycles. The Balaban J connectivity index is 1.82. The number of alkyl halides is 3. The number of H-pyrrole nitrogens is 1. The van der Waals surface area contributed by atoms with Crippen molar-refractivity contribution >= 4 is 34.1 Å². The number of nitrogens with one attached hydrogen (secondary N) is 1. The molecule has 4 aromatic rings. The Labute approximate surface area is 220 Å². The molecule has 1 saturated carbocycles. The van der Waals surface area contributed by atoms with Gasteiger partial charge in [-0.25, -0.2) is 4.79 Å². The van der Waals surface area contributed by atoms with E-state index in [0.29, 0.717) is 46.2 Å². The second-order valence-electron chi connectivity index (χ2n) is 9.35. The minimum atomic E-state index is -4.71. The highest BCUT2D eigenvalue weighted by Crippen LogP contribution is 2.48. The summed E-state index contributed by atoms with van der Waals surface area (Å²) in [5.41, 5.74) is 2.08. The van der Waals surface area contributed by atoms with Crippen LogP contribution in [0.15, 0.2) is 66.7 Å².